The molecule has 0 radical (unpaired) electrons. The van der Waals surface area contributed by atoms with Crippen molar-refractivity contribution in [3.63, 3.8) is 0 Å². The van der Waals surface area contributed by atoms with Gasteiger partial charge in [-0.25, -0.2) is 9.97 Å². The molecular weight excluding hydrogens is 943 g/mol. The summed E-state index contributed by atoms with van der Waals surface area (Å²) in [5, 5.41) is 32.2. The molecule has 0 saturated carbocycles. The second-order valence-electron chi connectivity index (χ2n) is 11.8. The molecule has 0 spiro atoms. The minimum absolute atomic E-state index is 0. The number of alkyl halides is 4. The van der Waals surface area contributed by atoms with E-state index in [0.29, 0.717) is 53.3 Å². The van der Waals surface area contributed by atoms with E-state index >= 15 is 0 Å². The van der Waals surface area contributed by atoms with Gasteiger partial charge < -0.3 is 15.0 Å². The van der Waals surface area contributed by atoms with E-state index in [1.807, 2.05) is 0 Å². The minimum atomic E-state index is -3.87. The van der Waals surface area contributed by atoms with Crippen LogP contribution in [0.3, 0.4) is 0 Å². The molecule has 0 aliphatic rings. The van der Waals surface area contributed by atoms with Crippen molar-refractivity contribution in [2.24, 2.45) is 0 Å². The van der Waals surface area contributed by atoms with Gasteiger partial charge in [-0.05, 0) is 86.1 Å². The number of hydrogen-bond donors (Lipinski definition) is 1. The molecule has 0 atom stereocenters. The van der Waals surface area contributed by atoms with Gasteiger partial charge in [0, 0.05) is 40.4 Å². The predicted molar refractivity (Wildman–Crippen MR) is 210 cm³/mol. The van der Waals surface area contributed by atoms with Crippen LogP contribution >= 0.6 is 55.4 Å². The van der Waals surface area contributed by atoms with E-state index in [4.69, 9.17) is 5.11 Å². The number of Topliss-reactive ketones (excluding diaryl/α,β-unsaturated/α-hetero) is 2. The van der Waals surface area contributed by atoms with Crippen molar-refractivity contribution in [1.29, 1.82) is 10.5 Å². The molecule has 2 aromatic heterocycles. The second-order valence-corrected chi connectivity index (χ2v) is 15.6. The van der Waals surface area contributed by atoms with Crippen LogP contribution in [-0.2, 0) is 19.2 Å². The van der Waals surface area contributed by atoms with Gasteiger partial charge in [0.2, 0.25) is 11.6 Å². The molecule has 0 unspecified atom stereocenters. The van der Waals surface area contributed by atoms with Crippen LogP contribution in [0.4, 0.5) is 17.6 Å². The molecule has 0 aliphatic heterocycles. The second kappa shape index (κ2) is 19.9. The van der Waals surface area contributed by atoms with Crippen molar-refractivity contribution in [2.75, 3.05) is 0 Å². The van der Waals surface area contributed by atoms with E-state index in [1.165, 1.54) is 21.5 Å². The number of carbonyl (C=O) groups excluding carboxylic acids is 3. The van der Waals surface area contributed by atoms with Crippen LogP contribution in [0, 0.1) is 22.7 Å². The van der Waals surface area contributed by atoms with Gasteiger partial charge in [0.25, 0.3) is 0 Å². The maximum absolute atomic E-state index is 14.4. The van der Waals surface area contributed by atoms with Gasteiger partial charge in [0.15, 0.2) is 10.3 Å². The molecule has 59 heavy (non-hydrogen) atoms. The molecule has 0 amide bonds. The van der Waals surface area contributed by atoms with Crippen LogP contribution in [0.25, 0.3) is 32.9 Å². The van der Waals surface area contributed by atoms with Gasteiger partial charge in [-0.15, -0.1) is 0 Å². The fourth-order valence-electron chi connectivity index (χ4n) is 5.43. The third-order valence-electron chi connectivity index (χ3n) is 8.11. The van der Waals surface area contributed by atoms with Crippen LogP contribution in [0.15, 0.2) is 105 Å². The topological polar surface area (TPSA) is 195 Å². The molecule has 6 rings (SSSR count). The van der Waals surface area contributed by atoms with Crippen LogP contribution < -0.4 is 24.0 Å². The maximum atomic E-state index is 14.4. The van der Waals surface area contributed by atoms with Crippen molar-refractivity contribution >= 4 is 100 Å². The summed E-state index contributed by atoms with van der Waals surface area (Å²) in [7, 11) is 0. The van der Waals surface area contributed by atoms with Crippen molar-refractivity contribution in [3.8, 4) is 23.5 Å². The number of halogens is 6. The summed E-state index contributed by atoms with van der Waals surface area (Å²) < 4.78 is 61.1. The van der Waals surface area contributed by atoms with Gasteiger partial charge >= 0.3 is 35.3 Å². The van der Waals surface area contributed by atoms with Gasteiger partial charge in [-0.3, -0.25) is 23.5 Å². The normalized spacial score (nSPS) is 11.2. The summed E-state index contributed by atoms with van der Waals surface area (Å²) in [6.07, 6.45) is -0.439. The smallest absolute Gasteiger partial charge is 0.550 e. The number of rotatable bonds is 14. The number of benzene rings is 4. The molecule has 0 saturated heterocycles. The first-order valence-corrected chi connectivity index (χ1v) is 19.6. The Balaban J connectivity index is 0.000000256. The maximum Gasteiger partial charge on any atom is 1.00 e. The predicted octanol–water partition coefficient (Wildman–Crippen LogP) is 5.23. The first-order chi connectivity index (χ1) is 27.5. The van der Waals surface area contributed by atoms with Crippen LogP contribution in [0.1, 0.15) is 36.8 Å². The molecule has 0 aliphatic carbocycles. The molecule has 21 heteroatoms. The van der Waals surface area contributed by atoms with Crippen molar-refractivity contribution in [1.82, 2.24) is 19.1 Å². The number of nitriles is 2. The summed E-state index contributed by atoms with van der Waals surface area (Å²) in [5.74, 6) is -5.91. The Kier molecular flexibility index (Phi) is 15.7. The molecule has 1 N–H and O–H groups in total. The quantitative estimate of drug-likeness (QED) is 0.0851. The fraction of sp³-hybridized carbons (Fsp3) is 0.158. The van der Waals surface area contributed by atoms with E-state index < -0.39 is 59.7 Å². The van der Waals surface area contributed by atoms with E-state index in [0.717, 1.165) is 0 Å². The number of imidazole rings is 2. The number of fused-ring (bicyclic) bond motifs is 2. The van der Waals surface area contributed by atoms with Crippen molar-refractivity contribution in [2.45, 2.75) is 46.5 Å². The molecule has 0 bridgehead atoms. The van der Waals surface area contributed by atoms with E-state index in [1.54, 1.807) is 72.8 Å². The third-order valence-corrected chi connectivity index (χ3v) is 11.1. The molecule has 12 nitrogen and oxygen atoms in total. The number of hydrogen-bond acceptors (Lipinski definition) is 11. The Bertz CT molecular complexity index is 2500. The number of aliphatic carboxylic acids is 2. The summed E-state index contributed by atoms with van der Waals surface area (Å²) in [6, 6.07) is 24.6. The van der Waals surface area contributed by atoms with Crippen LogP contribution in [-0.4, -0.2) is 58.2 Å². The van der Waals surface area contributed by atoms with Crippen LogP contribution in [0.5, 0.6) is 0 Å². The first kappa shape index (κ1) is 46.7. The Hall–Kier alpha value is -4.94. The van der Waals surface area contributed by atoms with E-state index in [-0.39, 0.29) is 52.7 Å². The number of carboxylic acid groups (broad SMARTS) is 2. The molecule has 4 aromatic carbocycles. The van der Waals surface area contributed by atoms with Crippen molar-refractivity contribution in [3.05, 3.63) is 106 Å². The summed E-state index contributed by atoms with van der Waals surface area (Å²) in [4.78, 5) is 52.5. The van der Waals surface area contributed by atoms with Gasteiger partial charge in [0.05, 0.1) is 53.5 Å². The first-order valence-electron chi connectivity index (χ1n) is 16.4. The SMILES string of the molecule is N#Cc1ccc(-n2c(Br)cnc2SC(F)(F)C(=O)CCC(=O)O)c2ccccc12.N#Cc1ccc(-n2c(Br)cnc2SC(F)(F)C(=O)CCC(=O)[O-])c2ccccc12.[Li+]. The Morgan fingerprint density at radius 2 is 1.03 bits per heavy atom. The molecule has 6 aromatic rings. The molecule has 0 fully saturated rings. The zero-order chi connectivity index (χ0) is 42.4. The number of ketones is 2. The largest absolute Gasteiger partial charge is 1.00 e. The zero-order valence-corrected chi connectivity index (χ0v) is 35.0. The van der Waals surface area contributed by atoms with E-state index in [9.17, 15) is 52.4 Å². The standard InChI is InChI=1S/2C19H12BrF2N3O3S.Li/c2*20-16-10-24-18(29-19(21,22)15(26)7-8-17(27)28)25(16)14-6-5-11(9-23)12-3-1-2-4-13(12)14;/h2*1-6,10H,7-8H2,(H,27,28);/q;;+1/p-1. The Labute approximate surface area is 369 Å². The minimum Gasteiger partial charge on any atom is -0.550 e. The third kappa shape index (κ3) is 10.8. The summed E-state index contributed by atoms with van der Waals surface area (Å²) >= 11 is 6.43. The molecular formula is C38H23Br2F4LiN6O6S2. The molecule has 296 valence electrons. The van der Waals surface area contributed by atoms with Gasteiger partial charge in [0.1, 0.15) is 9.21 Å². The zero-order valence-electron chi connectivity index (χ0n) is 30.2. The Morgan fingerprint density at radius 1 is 0.661 bits per heavy atom. The number of thioether (sulfide) groups is 2. The molecule has 2 heterocycles. The average molecular weight is 967 g/mol. The fourth-order valence-corrected chi connectivity index (χ4v) is 8.27. The number of aromatic nitrogens is 4. The Morgan fingerprint density at radius 3 is 1.39 bits per heavy atom. The van der Waals surface area contributed by atoms with E-state index in [2.05, 4.69) is 54.0 Å². The van der Waals surface area contributed by atoms with Gasteiger partial charge in [-0.2, -0.15) is 28.1 Å². The monoisotopic (exact) mass is 964 g/mol. The van der Waals surface area contributed by atoms with Crippen LogP contribution in [0.2, 0.25) is 0 Å². The number of carbonyl (C=O) groups is 4. The van der Waals surface area contributed by atoms with Gasteiger partial charge in [-0.1, -0.05) is 48.5 Å². The van der Waals surface area contributed by atoms with Crippen molar-refractivity contribution < 1.29 is 65.8 Å². The number of nitrogens with zero attached hydrogens (tertiary/aromatic N) is 6. The number of carboxylic acids is 2. The average Bonchev–Trinajstić information content (AvgIpc) is 3.74. The summed E-state index contributed by atoms with van der Waals surface area (Å²) in [6.45, 7) is 0. The summed E-state index contributed by atoms with van der Waals surface area (Å²) in [5.41, 5.74) is 1.85.